The summed E-state index contributed by atoms with van der Waals surface area (Å²) < 4.78 is 41.1. The van der Waals surface area contributed by atoms with Gasteiger partial charge in [0.25, 0.3) is 0 Å². The Morgan fingerprint density at radius 2 is 1.71 bits per heavy atom. The van der Waals surface area contributed by atoms with Gasteiger partial charge in [0.05, 0.1) is 7.11 Å². The molecule has 1 saturated heterocycles. The summed E-state index contributed by atoms with van der Waals surface area (Å²) in [4.78, 5) is 26.7. The zero-order valence-corrected chi connectivity index (χ0v) is 19.8. The molecular weight excluding hydrogens is 446 g/mol. The first-order valence-electron chi connectivity index (χ1n) is 11.1. The number of halogens is 2. The van der Waals surface area contributed by atoms with Crippen LogP contribution in [0.3, 0.4) is 0 Å². The van der Waals surface area contributed by atoms with Gasteiger partial charge in [-0.05, 0) is 69.5 Å². The highest BCUT2D eigenvalue weighted by molar-refractivity contribution is 5.94. The number of carbonyl (C=O) groups excluding carboxylic acids is 2. The van der Waals surface area contributed by atoms with Gasteiger partial charge in [-0.2, -0.15) is 8.78 Å². The molecule has 0 bridgehead atoms. The van der Waals surface area contributed by atoms with E-state index in [0.29, 0.717) is 48.5 Å². The number of carbonyl (C=O) groups is 2. The number of anilines is 1. The maximum atomic E-state index is 12.9. The number of nitrogens with one attached hydrogen (secondary N) is 1. The molecule has 0 spiro atoms. The first-order chi connectivity index (χ1) is 16.1. The molecule has 1 N–H and O–H groups in total. The van der Waals surface area contributed by atoms with Gasteiger partial charge in [0.1, 0.15) is 17.1 Å². The van der Waals surface area contributed by atoms with Crippen LogP contribution in [0.4, 0.5) is 19.3 Å². The molecule has 3 rings (SSSR count). The van der Waals surface area contributed by atoms with Crippen LogP contribution >= 0.6 is 0 Å². The molecule has 2 aromatic rings. The molecule has 1 fully saturated rings. The van der Waals surface area contributed by atoms with Crippen molar-refractivity contribution in [2.45, 2.75) is 45.8 Å². The van der Waals surface area contributed by atoms with E-state index in [2.05, 4.69) is 10.1 Å². The molecule has 7 nitrogen and oxygen atoms in total. The number of hydrogen-bond donors (Lipinski definition) is 1. The molecule has 1 heterocycles. The normalized spacial score (nSPS) is 14.6. The minimum atomic E-state index is -2.98. The topological polar surface area (TPSA) is 77.1 Å². The molecule has 0 aliphatic carbocycles. The molecule has 1 aliphatic heterocycles. The van der Waals surface area contributed by atoms with Gasteiger partial charge < -0.3 is 24.4 Å². The Morgan fingerprint density at radius 1 is 1.06 bits per heavy atom. The van der Waals surface area contributed by atoms with Gasteiger partial charge in [-0.15, -0.1) is 0 Å². The number of ether oxygens (including phenoxy) is 3. The fraction of sp³-hybridized carbons (Fsp3) is 0.440. The van der Waals surface area contributed by atoms with Crippen molar-refractivity contribution in [3.63, 3.8) is 0 Å². The number of methoxy groups -OCH3 is 1. The summed E-state index contributed by atoms with van der Waals surface area (Å²) in [6, 6.07) is 11.4. The number of nitrogens with zero attached hydrogens (tertiary/aromatic N) is 1. The number of likely N-dealkylation sites (tertiary alicyclic amines) is 1. The number of benzene rings is 2. The SMILES string of the molecule is COc1ccc(-c2cc(NC(=O)C3CCN(C(=O)OC(C)(C)C)CC3)ccc2OC(F)F)cc1. The van der Waals surface area contributed by atoms with Gasteiger partial charge in [-0.1, -0.05) is 12.1 Å². The standard InChI is InChI=1S/C25H30F2N2O5/c1-25(2,3)34-24(31)29-13-11-17(12-14-29)22(30)28-18-7-10-21(33-23(26)27)20(15-18)16-5-8-19(32-4)9-6-16/h5-10,15,17,23H,11-14H2,1-4H3,(H,28,30). The Morgan fingerprint density at radius 3 is 2.26 bits per heavy atom. The van der Waals surface area contributed by atoms with E-state index in [1.54, 1.807) is 35.2 Å². The number of alkyl halides is 2. The molecule has 0 radical (unpaired) electrons. The smallest absolute Gasteiger partial charge is 0.410 e. The highest BCUT2D eigenvalue weighted by Crippen LogP contribution is 2.35. The summed E-state index contributed by atoms with van der Waals surface area (Å²) in [7, 11) is 1.54. The molecule has 0 saturated carbocycles. The summed E-state index contributed by atoms with van der Waals surface area (Å²) >= 11 is 0. The summed E-state index contributed by atoms with van der Waals surface area (Å²) in [5.41, 5.74) is 0.943. The van der Waals surface area contributed by atoms with Crippen molar-refractivity contribution in [2.24, 2.45) is 5.92 Å². The highest BCUT2D eigenvalue weighted by Gasteiger charge is 2.30. The summed E-state index contributed by atoms with van der Waals surface area (Å²) in [5.74, 6) is 0.165. The van der Waals surface area contributed by atoms with Crippen molar-refractivity contribution < 1.29 is 32.6 Å². The van der Waals surface area contributed by atoms with Gasteiger partial charge in [0.15, 0.2) is 0 Å². The molecule has 1 aliphatic rings. The highest BCUT2D eigenvalue weighted by atomic mass is 19.3. The van der Waals surface area contributed by atoms with E-state index >= 15 is 0 Å². The Kier molecular flexibility index (Phi) is 7.96. The van der Waals surface area contributed by atoms with E-state index in [1.165, 1.54) is 19.2 Å². The fourth-order valence-electron chi connectivity index (χ4n) is 3.70. The van der Waals surface area contributed by atoms with Crippen LogP contribution < -0.4 is 14.8 Å². The van der Waals surface area contributed by atoms with E-state index < -0.39 is 12.2 Å². The first kappa shape index (κ1) is 25.3. The third kappa shape index (κ3) is 6.82. The lowest BCUT2D eigenvalue weighted by molar-refractivity contribution is -0.121. The Bertz CT molecular complexity index is 997. The minimum Gasteiger partial charge on any atom is -0.497 e. The van der Waals surface area contributed by atoms with Gasteiger partial charge in [0, 0.05) is 30.3 Å². The maximum absolute atomic E-state index is 12.9. The monoisotopic (exact) mass is 476 g/mol. The van der Waals surface area contributed by atoms with E-state index in [4.69, 9.17) is 9.47 Å². The largest absolute Gasteiger partial charge is 0.497 e. The Hall–Kier alpha value is -3.36. The van der Waals surface area contributed by atoms with Crippen molar-refractivity contribution >= 4 is 17.7 Å². The van der Waals surface area contributed by atoms with E-state index in [1.807, 2.05) is 20.8 Å². The predicted molar refractivity (Wildman–Crippen MR) is 124 cm³/mol. The van der Waals surface area contributed by atoms with Gasteiger partial charge in [-0.25, -0.2) is 4.79 Å². The lowest BCUT2D eigenvalue weighted by Crippen LogP contribution is -2.43. The molecule has 34 heavy (non-hydrogen) atoms. The number of hydrogen-bond acceptors (Lipinski definition) is 5. The maximum Gasteiger partial charge on any atom is 0.410 e. The zero-order valence-electron chi connectivity index (χ0n) is 19.8. The van der Waals surface area contributed by atoms with Crippen LogP contribution in [0.15, 0.2) is 42.5 Å². The average Bonchev–Trinajstić information content (AvgIpc) is 2.79. The quantitative estimate of drug-likeness (QED) is 0.592. The number of amides is 2. The van der Waals surface area contributed by atoms with Gasteiger partial charge >= 0.3 is 12.7 Å². The van der Waals surface area contributed by atoms with Crippen molar-refractivity contribution in [3.8, 4) is 22.6 Å². The molecule has 2 amide bonds. The van der Waals surface area contributed by atoms with E-state index in [-0.39, 0.29) is 23.7 Å². The zero-order chi connectivity index (χ0) is 24.9. The summed E-state index contributed by atoms with van der Waals surface area (Å²) in [5, 5.41) is 2.87. The number of piperidine rings is 1. The van der Waals surface area contributed by atoms with E-state index in [9.17, 15) is 18.4 Å². The van der Waals surface area contributed by atoms with Crippen LogP contribution in [0.5, 0.6) is 11.5 Å². The molecule has 9 heteroatoms. The second-order valence-corrected chi connectivity index (χ2v) is 9.05. The van der Waals surface area contributed by atoms with Crippen LogP contribution in [0.25, 0.3) is 11.1 Å². The molecule has 2 aromatic carbocycles. The lowest BCUT2D eigenvalue weighted by atomic mass is 9.96. The fourth-order valence-corrected chi connectivity index (χ4v) is 3.70. The van der Waals surface area contributed by atoms with Crippen LogP contribution in [-0.4, -0.2) is 49.3 Å². The average molecular weight is 477 g/mol. The van der Waals surface area contributed by atoms with Gasteiger partial charge in [-0.3, -0.25) is 4.79 Å². The Balaban J connectivity index is 1.69. The predicted octanol–water partition coefficient (Wildman–Crippen LogP) is 5.55. The molecular formula is C25H30F2N2O5. The van der Waals surface area contributed by atoms with E-state index in [0.717, 1.165) is 0 Å². The van der Waals surface area contributed by atoms with Crippen molar-refractivity contribution in [3.05, 3.63) is 42.5 Å². The lowest BCUT2D eigenvalue weighted by Gasteiger charge is -2.33. The minimum absolute atomic E-state index is 0.00355. The van der Waals surface area contributed by atoms with Crippen LogP contribution in [0.2, 0.25) is 0 Å². The third-order valence-corrected chi connectivity index (χ3v) is 5.38. The molecule has 0 aromatic heterocycles. The van der Waals surface area contributed by atoms with Crippen molar-refractivity contribution in [1.82, 2.24) is 4.90 Å². The number of rotatable bonds is 6. The van der Waals surface area contributed by atoms with Crippen LogP contribution in [0.1, 0.15) is 33.6 Å². The van der Waals surface area contributed by atoms with Crippen LogP contribution in [-0.2, 0) is 9.53 Å². The molecule has 184 valence electrons. The first-order valence-corrected chi connectivity index (χ1v) is 11.1. The van der Waals surface area contributed by atoms with Crippen molar-refractivity contribution in [2.75, 3.05) is 25.5 Å². The second kappa shape index (κ2) is 10.7. The van der Waals surface area contributed by atoms with Crippen LogP contribution in [0, 0.1) is 5.92 Å². The van der Waals surface area contributed by atoms with Gasteiger partial charge in [0.2, 0.25) is 5.91 Å². The van der Waals surface area contributed by atoms with Crippen molar-refractivity contribution in [1.29, 1.82) is 0 Å². The molecule has 0 atom stereocenters. The second-order valence-electron chi connectivity index (χ2n) is 9.05. The molecule has 0 unspecified atom stereocenters. The summed E-state index contributed by atoms with van der Waals surface area (Å²) in [6.45, 7) is 3.29. The Labute approximate surface area is 198 Å². The third-order valence-electron chi connectivity index (χ3n) is 5.38. The summed E-state index contributed by atoms with van der Waals surface area (Å²) in [6.07, 6.45) is 0.622.